The maximum atomic E-state index is 10.8. The van der Waals surface area contributed by atoms with E-state index in [1.807, 2.05) is 32.3 Å². The second-order valence-corrected chi connectivity index (χ2v) is 7.23. The van der Waals surface area contributed by atoms with Crippen molar-refractivity contribution >= 4 is 34.4 Å². The fraction of sp³-hybridized carbons (Fsp3) is 0.0952. The van der Waals surface area contributed by atoms with Gasteiger partial charge in [-0.25, -0.2) is 0 Å². The molecule has 0 saturated carbocycles. The first kappa shape index (κ1) is 18.4. The number of non-ortho nitro benzene ring substituents is 1. The van der Waals surface area contributed by atoms with Crippen LogP contribution in [0.15, 0.2) is 60.7 Å². The van der Waals surface area contributed by atoms with Gasteiger partial charge in [0.05, 0.1) is 16.6 Å². The fourth-order valence-corrected chi connectivity index (χ4v) is 3.55. The molecule has 1 heterocycles. The Kier molecular flexibility index (Phi) is 5.34. The molecule has 0 aliphatic rings. The molecule has 0 aliphatic heterocycles. The molecule has 0 amide bonds. The smallest absolute Gasteiger partial charge is 0.269 e. The summed E-state index contributed by atoms with van der Waals surface area (Å²) in [7, 11) is 4.01. The monoisotopic (exact) mass is 375 g/mol. The first-order valence-electron chi connectivity index (χ1n) is 8.22. The van der Waals surface area contributed by atoms with Gasteiger partial charge in [0, 0.05) is 41.7 Å². The van der Waals surface area contributed by atoms with Crippen LogP contribution in [0.25, 0.3) is 22.1 Å². The van der Waals surface area contributed by atoms with Gasteiger partial charge >= 0.3 is 0 Å². The molecular formula is C21H17N3O2S. The van der Waals surface area contributed by atoms with E-state index < -0.39 is 4.92 Å². The molecule has 27 heavy (non-hydrogen) atoms. The molecule has 3 aromatic rings. The van der Waals surface area contributed by atoms with Crippen LogP contribution in [0.5, 0.6) is 0 Å². The molecule has 2 aromatic carbocycles. The zero-order valence-corrected chi connectivity index (χ0v) is 15.7. The maximum absolute atomic E-state index is 10.8. The Labute approximate surface area is 161 Å². The molecule has 0 aliphatic carbocycles. The molecule has 0 unspecified atom stereocenters. The van der Waals surface area contributed by atoms with E-state index in [2.05, 4.69) is 35.2 Å². The number of thiophene rings is 1. The molecule has 134 valence electrons. The highest BCUT2D eigenvalue weighted by Crippen LogP contribution is 2.31. The van der Waals surface area contributed by atoms with Crippen LogP contribution in [0.3, 0.4) is 0 Å². The van der Waals surface area contributed by atoms with Crippen molar-refractivity contribution in [1.82, 2.24) is 0 Å². The van der Waals surface area contributed by atoms with Crippen molar-refractivity contribution < 1.29 is 4.92 Å². The molecule has 5 nitrogen and oxygen atoms in total. The van der Waals surface area contributed by atoms with Crippen molar-refractivity contribution in [3.05, 3.63) is 81.2 Å². The van der Waals surface area contributed by atoms with Gasteiger partial charge in [-0.1, -0.05) is 12.1 Å². The summed E-state index contributed by atoms with van der Waals surface area (Å²) < 4.78 is 0. The number of hydrogen-bond acceptors (Lipinski definition) is 5. The number of allylic oxidation sites excluding steroid dienone is 1. The van der Waals surface area contributed by atoms with Crippen LogP contribution in [0.4, 0.5) is 11.4 Å². The summed E-state index contributed by atoms with van der Waals surface area (Å²) in [6.45, 7) is 0. The quantitative estimate of drug-likeness (QED) is 0.338. The second kappa shape index (κ2) is 7.85. The molecule has 0 fully saturated rings. The van der Waals surface area contributed by atoms with Gasteiger partial charge in [-0.05, 0) is 53.6 Å². The van der Waals surface area contributed by atoms with E-state index in [0.717, 1.165) is 21.0 Å². The van der Waals surface area contributed by atoms with Crippen molar-refractivity contribution in [1.29, 1.82) is 5.26 Å². The summed E-state index contributed by atoms with van der Waals surface area (Å²) in [5.41, 5.74) is 3.41. The minimum atomic E-state index is -0.452. The topological polar surface area (TPSA) is 70.2 Å². The fourth-order valence-electron chi connectivity index (χ4n) is 2.59. The molecule has 0 N–H and O–H groups in total. The first-order chi connectivity index (χ1) is 13.0. The van der Waals surface area contributed by atoms with Gasteiger partial charge in [0.15, 0.2) is 0 Å². The van der Waals surface area contributed by atoms with Crippen molar-refractivity contribution in [2.24, 2.45) is 0 Å². The highest BCUT2D eigenvalue weighted by atomic mass is 32.1. The van der Waals surface area contributed by atoms with Crippen molar-refractivity contribution in [2.75, 3.05) is 19.0 Å². The number of hydrogen-bond donors (Lipinski definition) is 0. The molecule has 0 spiro atoms. The number of anilines is 1. The number of nitro groups is 1. The molecule has 0 atom stereocenters. The lowest BCUT2D eigenvalue weighted by Crippen LogP contribution is -2.07. The summed E-state index contributed by atoms with van der Waals surface area (Å²) in [5.74, 6) is 0. The third-order valence-electron chi connectivity index (χ3n) is 4.09. The highest BCUT2D eigenvalue weighted by molar-refractivity contribution is 7.16. The highest BCUT2D eigenvalue weighted by Gasteiger charge is 2.08. The van der Waals surface area contributed by atoms with Crippen LogP contribution in [-0.2, 0) is 0 Å². The van der Waals surface area contributed by atoms with Gasteiger partial charge in [-0.3, -0.25) is 10.1 Å². The lowest BCUT2D eigenvalue weighted by molar-refractivity contribution is -0.384. The summed E-state index contributed by atoms with van der Waals surface area (Å²) >= 11 is 1.60. The maximum Gasteiger partial charge on any atom is 0.269 e. The summed E-state index contributed by atoms with van der Waals surface area (Å²) in [5, 5.41) is 20.2. The average molecular weight is 375 g/mol. The molecule has 0 bridgehead atoms. The first-order valence-corrected chi connectivity index (χ1v) is 9.04. The third kappa shape index (κ3) is 4.22. The van der Waals surface area contributed by atoms with Crippen molar-refractivity contribution in [3.8, 4) is 16.5 Å². The largest absolute Gasteiger partial charge is 0.378 e. The third-order valence-corrected chi connectivity index (χ3v) is 5.17. The zero-order chi connectivity index (χ0) is 19.4. The predicted octanol–water partition coefficient (Wildman–Crippen LogP) is 5.45. The van der Waals surface area contributed by atoms with Gasteiger partial charge in [0.25, 0.3) is 5.69 Å². The van der Waals surface area contributed by atoms with E-state index in [9.17, 15) is 15.4 Å². The molecule has 0 saturated heterocycles. The molecule has 3 rings (SSSR count). The number of rotatable bonds is 5. The summed E-state index contributed by atoms with van der Waals surface area (Å²) in [6.07, 6.45) is 1.81. The van der Waals surface area contributed by atoms with E-state index in [4.69, 9.17) is 0 Å². The average Bonchev–Trinajstić information content (AvgIpc) is 3.15. The van der Waals surface area contributed by atoms with Gasteiger partial charge < -0.3 is 4.90 Å². The van der Waals surface area contributed by atoms with Crippen molar-refractivity contribution in [2.45, 2.75) is 0 Å². The molecular weight excluding hydrogens is 358 g/mol. The van der Waals surface area contributed by atoms with Crippen LogP contribution in [0, 0.1) is 21.4 Å². The lowest BCUT2D eigenvalue weighted by atomic mass is 10.1. The second-order valence-electron chi connectivity index (χ2n) is 6.12. The summed E-state index contributed by atoms with van der Waals surface area (Å²) in [4.78, 5) is 14.4. The van der Waals surface area contributed by atoms with E-state index in [0.29, 0.717) is 11.1 Å². The Balaban J connectivity index is 1.86. The van der Waals surface area contributed by atoms with E-state index in [1.54, 1.807) is 23.5 Å². The van der Waals surface area contributed by atoms with E-state index in [-0.39, 0.29) is 5.69 Å². The number of nitro benzene ring substituents is 1. The van der Waals surface area contributed by atoms with Gasteiger partial charge in [-0.2, -0.15) is 5.26 Å². The van der Waals surface area contributed by atoms with Gasteiger partial charge in [-0.15, -0.1) is 11.3 Å². The van der Waals surface area contributed by atoms with Crippen LogP contribution in [-0.4, -0.2) is 19.0 Å². The van der Waals surface area contributed by atoms with Crippen LogP contribution in [0.2, 0.25) is 0 Å². The number of benzene rings is 2. The molecule has 0 radical (unpaired) electrons. The van der Waals surface area contributed by atoms with Gasteiger partial charge in [0.1, 0.15) is 0 Å². The Morgan fingerprint density at radius 1 is 1.07 bits per heavy atom. The lowest BCUT2D eigenvalue weighted by Gasteiger charge is -2.12. The predicted molar refractivity (Wildman–Crippen MR) is 111 cm³/mol. The number of nitrogens with zero attached hydrogens (tertiary/aromatic N) is 3. The SMILES string of the molecule is CN(C)c1ccc(-c2ccc(/C=C(\C#N)c3ccc([N+](=O)[O-])cc3)s2)cc1. The Bertz CT molecular complexity index is 1030. The summed E-state index contributed by atoms with van der Waals surface area (Å²) in [6, 6.07) is 20.5. The normalized spacial score (nSPS) is 11.1. The Morgan fingerprint density at radius 3 is 2.30 bits per heavy atom. The minimum Gasteiger partial charge on any atom is -0.378 e. The Morgan fingerprint density at radius 2 is 1.74 bits per heavy atom. The molecule has 1 aromatic heterocycles. The van der Waals surface area contributed by atoms with E-state index in [1.165, 1.54) is 12.1 Å². The van der Waals surface area contributed by atoms with Crippen molar-refractivity contribution in [3.63, 3.8) is 0 Å². The number of nitriles is 1. The van der Waals surface area contributed by atoms with Crippen LogP contribution in [0.1, 0.15) is 10.4 Å². The zero-order valence-electron chi connectivity index (χ0n) is 14.9. The standard InChI is InChI=1S/C21H17N3O2S/c1-23(2)18-7-5-16(6-8-18)21-12-11-20(27-21)13-17(14-22)15-3-9-19(10-4-15)24(25)26/h3-13H,1-2H3/b17-13+. The van der Waals surface area contributed by atoms with Crippen LogP contribution >= 0.6 is 11.3 Å². The Hall–Kier alpha value is -3.43. The van der Waals surface area contributed by atoms with Gasteiger partial charge in [0.2, 0.25) is 0 Å². The van der Waals surface area contributed by atoms with Crippen LogP contribution < -0.4 is 4.90 Å². The minimum absolute atomic E-state index is 0.00983. The molecule has 6 heteroatoms. The van der Waals surface area contributed by atoms with E-state index >= 15 is 0 Å².